The molecule has 0 saturated carbocycles. The van der Waals surface area contributed by atoms with Gasteiger partial charge in [-0.2, -0.15) is 11.8 Å². The van der Waals surface area contributed by atoms with Crippen molar-refractivity contribution in [3.63, 3.8) is 0 Å². The fourth-order valence-corrected chi connectivity index (χ4v) is 2.71. The van der Waals surface area contributed by atoms with Gasteiger partial charge in [0.2, 0.25) is 0 Å². The van der Waals surface area contributed by atoms with E-state index in [4.69, 9.17) is 0 Å². The zero-order valence-electron chi connectivity index (χ0n) is 9.20. The van der Waals surface area contributed by atoms with Crippen LogP contribution in [0.5, 0.6) is 0 Å². The summed E-state index contributed by atoms with van der Waals surface area (Å²) in [6.45, 7) is 3.36. The second-order valence-electron chi connectivity index (χ2n) is 3.86. The van der Waals surface area contributed by atoms with E-state index < -0.39 is 0 Å². The van der Waals surface area contributed by atoms with Gasteiger partial charge in [0.1, 0.15) is 5.82 Å². The van der Waals surface area contributed by atoms with Gasteiger partial charge in [-0.25, -0.2) is 4.39 Å². The Morgan fingerprint density at radius 2 is 2.06 bits per heavy atom. The lowest BCUT2D eigenvalue weighted by molar-refractivity contribution is 0.0771. The first-order valence-corrected chi connectivity index (χ1v) is 6.47. The van der Waals surface area contributed by atoms with Crippen LogP contribution < -0.4 is 0 Å². The molecule has 2 rings (SSSR count). The molecule has 1 saturated heterocycles. The molecule has 1 aliphatic heterocycles. The molecule has 0 aliphatic carbocycles. The second-order valence-corrected chi connectivity index (χ2v) is 5.09. The van der Waals surface area contributed by atoms with Crippen LogP contribution in [0.4, 0.5) is 4.39 Å². The summed E-state index contributed by atoms with van der Waals surface area (Å²) in [4.78, 5) is 14.0. The molecule has 0 atom stereocenters. The fourth-order valence-electron chi connectivity index (χ4n) is 1.80. The summed E-state index contributed by atoms with van der Waals surface area (Å²) < 4.78 is 12.9. The lowest BCUT2D eigenvalue weighted by Gasteiger charge is -2.27. The van der Waals surface area contributed by atoms with Crippen LogP contribution in [-0.4, -0.2) is 35.4 Å². The molecule has 0 spiro atoms. The van der Waals surface area contributed by atoms with Gasteiger partial charge in [0.25, 0.3) is 5.91 Å². The van der Waals surface area contributed by atoms with Gasteiger partial charge in [0.15, 0.2) is 0 Å². The van der Waals surface area contributed by atoms with Gasteiger partial charge in [0.05, 0.1) is 0 Å². The van der Waals surface area contributed by atoms with Crippen molar-refractivity contribution in [1.29, 1.82) is 0 Å². The van der Waals surface area contributed by atoms with Crippen LogP contribution in [0.2, 0.25) is 0 Å². The molecule has 0 bridgehead atoms. The van der Waals surface area contributed by atoms with Crippen LogP contribution in [-0.2, 0) is 0 Å². The highest BCUT2D eigenvalue weighted by molar-refractivity contribution is 7.99. The highest BCUT2D eigenvalue weighted by Gasteiger charge is 2.19. The molecule has 1 heterocycles. The average molecular weight is 239 g/mol. The van der Waals surface area contributed by atoms with Crippen molar-refractivity contribution in [3.05, 3.63) is 35.1 Å². The molecule has 16 heavy (non-hydrogen) atoms. The molecule has 0 unspecified atom stereocenters. The van der Waals surface area contributed by atoms with Crippen molar-refractivity contribution in [1.82, 2.24) is 4.90 Å². The SMILES string of the molecule is Cc1cc(F)ccc1C(=O)N1CCSCC1. The monoisotopic (exact) mass is 239 g/mol. The number of carbonyl (C=O) groups is 1. The maximum absolute atomic E-state index is 12.9. The summed E-state index contributed by atoms with van der Waals surface area (Å²) in [7, 11) is 0. The topological polar surface area (TPSA) is 20.3 Å². The maximum atomic E-state index is 12.9. The van der Waals surface area contributed by atoms with Crippen molar-refractivity contribution in [2.75, 3.05) is 24.6 Å². The summed E-state index contributed by atoms with van der Waals surface area (Å²) in [5, 5.41) is 0. The molecular weight excluding hydrogens is 225 g/mol. The zero-order valence-corrected chi connectivity index (χ0v) is 10.0. The molecule has 1 aromatic carbocycles. The van der Waals surface area contributed by atoms with E-state index in [9.17, 15) is 9.18 Å². The number of aryl methyl sites for hydroxylation is 1. The van der Waals surface area contributed by atoms with Crippen LogP contribution in [0, 0.1) is 12.7 Å². The summed E-state index contributed by atoms with van der Waals surface area (Å²) >= 11 is 1.86. The molecular formula is C12H14FNOS. The quantitative estimate of drug-likeness (QED) is 0.749. The summed E-state index contributed by atoms with van der Waals surface area (Å²) in [6.07, 6.45) is 0. The smallest absolute Gasteiger partial charge is 0.254 e. The van der Waals surface area contributed by atoms with Crippen molar-refractivity contribution in [3.8, 4) is 0 Å². The van der Waals surface area contributed by atoms with E-state index >= 15 is 0 Å². The molecule has 1 aliphatic rings. The summed E-state index contributed by atoms with van der Waals surface area (Å²) in [6, 6.07) is 4.33. The van der Waals surface area contributed by atoms with Crippen LogP contribution in [0.25, 0.3) is 0 Å². The van der Waals surface area contributed by atoms with Crippen LogP contribution in [0.1, 0.15) is 15.9 Å². The lowest BCUT2D eigenvalue weighted by atomic mass is 10.1. The molecule has 1 amide bonds. The maximum Gasteiger partial charge on any atom is 0.254 e. The number of hydrogen-bond acceptors (Lipinski definition) is 2. The van der Waals surface area contributed by atoms with E-state index in [0.29, 0.717) is 11.1 Å². The number of rotatable bonds is 1. The van der Waals surface area contributed by atoms with Crippen LogP contribution >= 0.6 is 11.8 Å². The Hall–Kier alpha value is -1.03. The second kappa shape index (κ2) is 4.87. The molecule has 86 valence electrons. The Balaban J connectivity index is 2.19. The minimum atomic E-state index is -0.289. The number of benzene rings is 1. The predicted octanol–water partition coefficient (Wildman–Crippen LogP) is 2.32. The largest absolute Gasteiger partial charge is 0.337 e. The number of hydrogen-bond donors (Lipinski definition) is 0. The number of amides is 1. The third-order valence-electron chi connectivity index (χ3n) is 2.72. The first-order valence-electron chi connectivity index (χ1n) is 5.31. The first-order chi connectivity index (χ1) is 7.68. The Kier molecular flexibility index (Phi) is 3.49. The predicted molar refractivity (Wildman–Crippen MR) is 64.4 cm³/mol. The Labute approximate surface area is 98.8 Å². The van der Waals surface area contributed by atoms with Crippen LogP contribution in [0.3, 0.4) is 0 Å². The van der Waals surface area contributed by atoms with E-state index in [2.05, 4.69) is 0 Å². The standard InChI is InChI=1S/C12H14FNOS/c1-9-8-10(13)2-3-11(9)12(15)14-4-6-16-7-5-14/h2-3,8H,4-7H2,1H3. The van der Waals surface area contributed by atoms with Crippen LogP contribution in [0.15, 0.2) is 18.2 Å². The molecule has 4 heteroatoms. The van der Waals surface area contributed by atoms with Crippen molar-refractivity contribution in [2.45, 2.75) is 6.92 Å². The van der Waals surface area contributed by atoms with Gasteiger partial charge in [0, 0.05) is 30.2 Å². The molecule has 0 radical (unpaired) electrons. The van der Waals surface area contributed by atoms with Crippen molar-refractivity contribution in [2.24, 2.45) is 0 Å². The van der Waals surface area contributed by atoms with Gasteiger partial charge in [-0.1, -0.05) is 0 Å². The lowest BCUT2D eigenvalue weighted by Crippen LogP contribution is -2.38. The average Bonchev–Trinajstić information content (AvgIpc) is 2.29. The molecule has 0 aromatic heterocycles. The normalized spacial score (nSPS) is 16.2. The minimum Gasteiger partial charge on any atom is -0.337 e. The Bertz CT molecular complexity index is 402. The highest BCUT2D eigenvalue weighted by atomic mass is 32.2. The summed E-state index contributed by atoms with van der Waals surface area (Å²) in [5.41, 5.74) is 1.33. The Morgan fingerprint density at radius 1 is 1.38 bits per heavy atom. The third-order valence-corrected chi connectivity index (χ3v) is 3.66. The Morgan fingerprint density at radius 3 is 2.69 bits per heavy atom. The number of thioether (sulfide) groups is 1. The highest BCUT2D eigenvalue weighted by Crippen LogP contribution is 2.16. The molecule has 0 N–H and O–H groups in total. The molecule has 2 nitrogen and oxygen atoms in total. The first kappa shape index (κ1) is 11.5. The third kappa shape index (κ3) is 2.38. The van der Waals surface area contributed by atoms with E-state index in [1.54, 1.807) is 13.0 Å². The molecule has 1 fully saturated rings. The van der Waals surface area contributed by atoms with E-state index in [1.165, 1.54) is 12.1 Å². The van der Waals surface area contributed by atoms with Crippen molar-refractivity contribution >= 4 is 17.7 Å². The number of halogens is 1. The zero-order chi connectivity index (χ0) is 11.5. The van der Waals surface area contributed by atoms with Gasteiger partial charge in [-0.15, -0.1) is 0 Å². The van der Waals surface area contributed by atoms with Gasteiger partial charge >= 0.3 is 0 Å². The molecule has 1 aromatic rings. The minimum absolute atomic E-state index is 0.0257. The number of carbonyl (C=O) groups excluding carboxylic acids is 1. The van der Waals surface area contributed by atoms with Gasteiger partial charge < -0.3 is 4.90 Å². The number of nitrogens with zero attached hydrogens (tertiary/aromatic N) is 1. The van der Waals surface area contributed by atoms with E-state index in [0.717, 1.165) is 24.6 Å². The fraction of sp³-hybridized carbons (Fsp3) is 0.417. The van der Waals surface area contributed by atoms with Gasteiger partial charge in [-0.05, 0) is 30.7 Å². The van der Waals surface area contributed by atoms with Gasteiger partial charge in [-0.3, -0.25) is 4.79 Å². The summed E-state index contributed by atoms with van der Waals surface area (Å²) in [5.74, 6) is 1.72. The van der Waals surface area contributed by atoms with Crippen molar-refractivity contribution < 1.29 is 9.18 Å². The van der Waals surface area contributed by atoms with E-state index in [-0.39, 0.29) is 11.7 Å². The van der Waals surface area contributed by atoms with E-state index in [1.807, 2.05) is 16.7 Å².